The minimum atomic E-state index is -0.294. The highest BCUT2D eigenvalue weighted by Gasteiger charge is 2.44. The van der Waals surface area contributed by atoms with Crippen LogP contribution in [-0.4, -0.2) is 83.5 Å². The molecule has 4 aliphatic rings. The highest BCUT2D eigenvalue weighted by atomic mass is 79.9. The van der Waals surface area contributed by atoms with E-state index in [1.165, 1.54) is 22.4 Å². The van der Waals surface area contributed by atoms with Crippen LogP contribution in [0.1, 0.15) is 75.3 Å². The van der Waals surface area contributed by atoms with E-state index >= 15 is 0 Å². The van der Waals surface area contributed by atoms with E-state index < -0.39 is 0 Å². The van der Waals surface area contributed by atoms with E-state index in [0.717, 1.165) is 100 Å². The van der Waals surface area contributed by atoms with Gasteiger partial charge in [-0.1, -0.05) is 31.5 Å². The summed E-state index contributed by atoms with van der Waals surface area (Å²) in [5, 5.41) is 4.24. The van der Waals surface area contributed by atoms with Gasteiger partial charge in [0.25, 0.3) is 0 Å². The number of nitrogens with zero attached hydrogens (tertiary/aromatic N) is 4. The molecular weight excluding hydrogens is 610 g/mol. The maximum Gasteiger partial charge on any atom is 0.223 e. The van der Waals surface area contributed by atoms with Crippen molar-refractivity contribution in [1.82, 2.24) is 25.0 Å². The first kappa shape index (κ1) is 30.5. The molecule has 2 aromatic rings. The number of likely N-dealkylation sites (tertiary alicyclic amines) is 1. The Kier molecular flexibility index (Phi) is 9.33. The van der Waals surface area contributed by atoms with Crippen LogP contribution in [0.5, 0.6) is 0 Å². The minimum absolute atomic E-state index is 0.294. The molecule has 6 nitrogen and oxygen atoms in total. The number of aryl methyl sites for hydroxylation is 2. The molecule has 0 saturated carbocycles. The molecule has 1 aliphatic carbocycles. The number of rotatable bonds is 5. The van der Waals surface area contributed by atoms with Gasteiger partial charge < -0.3 is 10.2 Å². The van der Waals surface area contributed by atoms with Crippen molar-refractivity contribution < 1.29 is 4.79 Å². The Morgan fingerprint density at radius 3 is 2.55 bits per heavy atom. The van der Waals surface area contributed by atoms with Gasteiger partial charge in [-0.2, -0.15) is 0 Å². The number of hydrogen-bond donors (Lipinski definition) is 1. The van der Waals surface area contributed by atoms with E-state index in [4.69, 9.17) is 16.6 Å². The second-order valence-corrected chi connectivity index (χ2v) is 14.9. The number of pyridine rings is 1. The quantitative estimate of drug-likeness (QED) is 0.436. The number of hydrogen-bond acceptors (Lipinski definition) is 5. The zero-order valence-electron chi connectivity index (χ0n) is 25.5. The molecule has 3 fully saturated rings. The molecule has 0 spiro atoms. The lowest BCUT2D eigenvalue weighted by Gasteiger charge is -2.50. The Labute approximate surface area is 265 Å². The lowest BCUT2D eigenvalue weighted by atomic mass is 9.81. The first-order chi connectivity index (χ1) is 20.2. The summed E-state index contributed by atoms with van der Waals surface area (Å²) in [6.07, 6.45) is 9.16. The van der Waals surface area contributed by atoms with Gasteiger partial charge in [0, 0.05) is 66.9 Å². The topological polar surface area (TPSA) is 51.7 Å². The number of piperazine rings is 1. The van der Waals surface area contributed by atoms with Crippen molar-refractivity contribution in [3.63, 3.8) is 0 Å². The van der Waals surface area contributed by atoms with E-state index in [1.54, 1.807) is 0 Å². The fourth-order valence-electron chi connectivity index (χ4n) is 8.24. The molecule has 3 aliphatic heterocycles. The molecule has 0 bridgehead atoms. The molecule has 3 saturated heterocycles. The zero-order chi connectivity index (χ0) is 29.4. The van der Waals surface area contributed by atoms with Crippen LogP contribution < -0.4 is 5.32 Å². The van der Waals surface area contributed by atoms with Crippen molar-refractivity contribution in [1.29, 1.82) is 0 Å². The molecule has 1 N–H and O–H groups in total. The first-order valence-corrected chi connectivity index (χ1v) is 17.3. The standard InChI is InChI=1S/C34H47BrClN5O/c1-23(2)31-22-39(16-17-41(31)32(42)18-24-8-12-37-13-9-24)29-10-14-40(15-11-29)34(3)30-7-6-28(36)20-25(30)4-5-26-19-27(35)21-38-33(26)34/h6-7,19-21,23-24,29,31,37H,4-5,8-18,22H2,1-3H3/t31-,34?/m1/s1. The number of carbonyl (C=O) groups is 1. The Bertz CT molecular complexity index is 1220. The molecule has 1 unspecified atom stereocenters. The summed E-state index contributed by atoms with van der Waals surface area (Å²) in [4.78, 5) is 26.1. The Hall–Kier alpha value is -1.51. The molecule has 8 heteroatoms. The Morgan fingerprint density at radius 2 is 1.81 bits per heavy atom. The van der Waals surface area contributed by atoms with Gasteiger partial charge in [0.1, 0.15) is 0 Å². The SMILES string of the molecule is CC(C)[C@H]1CN(C2CCN(C3(C)c4ccc(Cl)cc4CCc4cc(Br)cnc43)CC2)CCN1C(=O)CC1CCNCC1. The van der Waals surface area contributed by atoms with Crippen molar-refractivity contribution in [2.24, 2.45) is 11.8 Å². The third-order valence-corrected chi connectivity index (χ3v) is 11.4. The number of amides is 1. The summed E-state index contributed by atoms with van der Waals surface area (Å²) in [5.74, 6) is 1.38. The van der Waals surface area contributed by atoms with Crippen LogP contribution in [0.3, 0.4) is 0 Å². The van der Waals surface area contributed by atoms with Gasteiger partial charge in [-0.3, -0.25) is 19.6 Å². The number of piperidine rings is 2. The van der Waals surface area contributed by atoms with Crippen LogP contribution in [0.15, 0.2) is 34.9 Å². The monoisotopic (exact) mass is 655 g/mol. The van der Waals surface area contributed by atoms with Crippen LogP contribution in [0.4, 0.5) is 0 Å². The summed E-state index contributed by atoms with van der Waals surface area (Å²) in [5.41, 5.74) is 4.90. The smallest absolute Gasteiger partial charge is 0.223 e. The normalized spacial score (nSPS) is 26.6. The van der Waals surface area contributed by atoms with Gasteiger partial charge in [-0.15, -0.1) is 0 Å². The fraction of sp³-hybridized carbons (Fsp3) is 0.647. The number of benzene rings is 1. The van der Waals surface area contributed by atoms with E-state index in [-0.39, 0.29) is 5.54 Å². The number of carbonyl (C=O) groups excluding carboxylic acids is 1. The van der Waals surface area contributed by atoms with Crippen LogP contribution in [-0.2, 0) is 23.2 Å². The summed E-state index contributed by atoms with van der Waals surface area (Å²) in [7, 11) is 0. The summed E-state index contributed by atoms with van der Waals surface area (Å²) in [6.45, 7) is 14.0. The van der Waals surface area contributed by atoms with Gasteiger partial charge in [0.05, 0.1) is 11.2 Å². The van der Waals surface area contributed by atoms with E-state index in [0.29, 0.717) is 29.8 Å². The highest BCUT2D eigenvalue weighted by Crippen LogP contribution is 2.44. The lowest BCUT2D eigenvalue weighted by molar-refractivity contribution is -0.139. The summed E-state index contributed by atoms with van der Waals surface area (Å²) >= 11 is 10.2. The molecule has 1 aromatic carbocycles. The number of aromatic nitrogens is 1. The van der Waals surface area contributed by atoms with Gasteiger partial charge in [0.15, 0.2) is 0 Å². The molecule has 6 rings (SSSR count). The number of fused-ring (bicyclic) bond motifs is 2. The van der Waals surface area contributed by atoms with E-state index in [2.05, 4.69) is 74.9 Å². The van der Waals surface area contributed by atoms with Crippen LogP contribution >= 0.6 is 27.5 Å². The van der Waals surface area contributed by atoms with Crippen molar-refractivity contribution in [2.75, 3.05) is 45.8 Å². The highest BCUT2D eigenvalue weighted by molar-refractivity contribution is 9.10. The van der Waals surface area contributed by atoms with Gasteiger partial charge in [0.2, 0.25) is 5.91 Å². The van der Waals surface area contributed by atoms with Crippen molar-refractivity contribution in [3.05, 3.63) is 62.3 Å². The third-order valence-electron chi connectivity index (χ3n) is 10.7. The summed E-state index contributed by atoms with van der Waals surface area (Å²) in [6, 6.07) is 9.58. The van der Waals surface area contributed by atoms with Crippen molar-refractivity contribution in [3.8, 4) is 0 Å². The zero-order valence-corrected chi connectivity index (χ0v) is 27.9. The van der Waals surface area contributed by atoms with Crippen molar-refractivity contribution in [2.45, 2.75) is 83.3 Å². The van der Waals surface area contributed by atoms with Crippen LogP contribution in [0.25, 0.3) is 0 Å². The van der Waals surface area contributed by atoms with Gasteiger partial charge in [-0.25, -0.2) is 0 Å². The predicted octanol–water partition coefficient (Wildman–Crippen LogP) is 5.88. The summed E-state index contributed by atoms with van der Waals surface area (Å²) < 4.78 is 1.04. The van der Waals surface area contributed by atoms with Gasteiger partial charge in [-0.05, 0) is 121 Å². The second-order valence-electron chi connectivity index (χ2n) is 13.5. The predicted molar refractivity (Wildman–Crippen MR) is 174 cm³/mol. The molecule has 4 heterocycles. The molecule has 1 amide bonds. The second kappa shape index (κ2) is 12.8. The largest absolute Gasteiger partial charge is 0.337 e. The molecule has 42 heavy (non-hydrogen) atoms. The third kappa shape index (κ3) is 6.06. The van der Waals surface area contributed by atoms with E-state index in [1.807, 2.05) is 12.3 Å². The fourth-order valence-corrected chi connectivity index (χ4v) is 8.82. The van der Waals surface area contributed by atoms with Gasteiger partial charge >= 0.3 is 0 Å². The number of halogens is 2. The van der Waals surface area contributed by atoms with E-state index in [9.17, 15) is 4.79 Å². The maximum absolute atomic E-state index is 13.5. The molecular formula is C34H47BrClN5O. The molecule has 0 radical (unpaired) electrons. The average molecular weight is 657 g/mol. The average Bonchev–Trinajstić information content (AvgIpc) is 3.11. The number of nitrogens with one attached hydrogen (secondary N) is 1. The molecule has 2 atom stereocenters. The Balaban J connectivity index is 1.16. The minimum Gasteiger partial charge on any atom is -0.337 e. The molecule has 228 valence electrons. The lowest BCUT2D eigenvalue weighted by Crippen LogP contribution is -2.61. The first-order valence-electron chi connectivity index (χ1n) is 16.2. The Morgan fingerprint density at radius 1 is 1.07 bits per heavy atom. The van der Waals surface area contributed by atoms with Crippen LogP contribution in [0, 0.1) is 11.8 Å². The maximum atomic E-state index is 13.5. The molecule has 1 aromatic heterocycles. The van der Waals surface area contributed by atoms with Crippen LogP contribution in [0.2, 0.25) is 5.02 Å². The van der Waals surface area contributed by atoms with Crippen molar-refractivity contribution >= 4 is 33.4 Å².